The molecular weight excluding hydrogens is 266 g/mol. The number of aryl methyl sites for hydroxylation is 1. The van der Waals surface area contributed by atoms with Gasteiger partial charge in [0.15, 0.2) is 5.76 Å². The van der Waals surface area contributed by atoms with Crippen LogP contribution >= 0.6 is 0 Å². The first-order valence-electron chi connectivity index (χ1n) is 6.52. The summed E-state index contributed by atoms with van der Waals surface area (Å²) in [5.41, 5.74) is 0.744. The zero-order valence-corrected chi connectivity index (χ0v) is 12.6. The molecule has 0 aliphatic heterocycles. The fourth-order valence-electron chi connectivity index (χ4n) is 1.56. The molecule has 7 heteroatoms. The molecule has 1 aromatic rings. The summed E-state index contributed by atoms with van der Waals surface area (Å²) in [5.74, 6) is 0.669. The van der Waals surface area contributed by atoms with Crippen molar-refractivity contribution in [1.29, 1.82) is 0 Å². The summed E-state index contributed by atoms with van der Waals surface area (Å²) >= 11 is 0. The molecule has 2 N–H and O–H groups in total. The van der Waals surface area contributed by atoms with Crippen LogP contribution in [0.2, 0.25) is 0 Å². The first-order chi connectivity index (χ1) is 8.89. The fourth-order valence-corrected chi connectivity index (χ4v) is 2.65. The molecule has 110 valence electrons. The van der Waals surface area contributed by atoms with E-state index in [4.69, 9.17) is 4.52 Å². The van der Waals surface area contributed by atoms with Gasteiger partial charge in [0, 0.05) is 12.1 Å². The second-order valence-electron chi connectivity index (χ2n) is 4.89. The molecule has 0 saturated carbocycles. The number of hydrogen-bond acceptors (Lipinski definition) is 5. The summed E-state index contributed by atoms with van der Waals surface area (Å²) in [5, 5.41) is 6.96. The fraction of sp³-hybridized carbons (Fsp3) is 0.750. The Morgan fingerprint density at radius 1 is 1.37 bits per heavy atom. The molecule has 0 unspecified atom stereocenters. The maximum Gasteiger partial charge on any atom is 0.212 e. The molecule has 0 aliphatic carbocycles. The van der Waals surface area contributed by atoms with Gasteiger partial charge in [0.25, 0.3) is 0 Å². The van der Waals surface area contributed by atoms with Gasteiger partial charge in [-0.3, -0.25) is 0 Å². The third kappa shape index (κ3) is 7.29. The van der Waals surface area contributed by atoms with E-state index in [1.165, 1.54) is 0 Å². The van der Waals surface area contributed by atoms with Gasteiger partial charge in [-0.25, -0.2) is 13.1 Å². The van der Waals surface area contributed by atoms with Crippen LogP contribution in [-0.2, 0) is 16.6 Å². The van der Waals surface area contributed by atoms with Crippen LogP contribution in [0.5, 0.6) is 0 Å². The van der Waals surface area contributed by atoms with Crippen LogP contribution in [0.4, 0.5) is 0 Å². The summed E-state index contributed by atoms with van der Waals surface area (Å²) in [7, 11) is -3.24. The van der Waals surface area contributed by atoms with E-state index < -0.39 is 10.0 Å². The van der Waals surface area contributed by atoms with Gasteiger partial charge in [0.2, 0.25) is 10.0 Å². The molecule has 19 heavy (non-hydrogen) atoms. The van der Waals surface area contributed by atoms with Gasteiger partial charge in [-0.2, -0.15) is 0 Å². The van der Waals surface area contributed by atoms with E-state index in [1.807, 2.05) is 0 Å². The Morgan fingerprint density at radius 3 is 2.68 bits per heavy atom. The number of hydrogen-bond donors (Lipinski definition) is 2. The van der Waals surface area contributed by atoms with Crippen molar-refractivity contribution in [2.75, 3.05) is 12.3 Å². The quantitative estimate of drug-likeness (QED) is 0.667. The van der Waals surface area contributed by atoms with Gasteiger partial charge < -0.3 is 9.84 Å². The van der Waals surface area contributed by atoms with Crippen molar-refractivity contribution in [2.45, 2.75) is 46.2 Å². The molecule has 6 nitrogen and oxygen atoms in total. The summed E-state index contributed by atoms with van der Waals surface area (Å²) < 4.78 is 30.9. The Kier molecular flexibility index (Phi) is 6.47. The molecule has 0 spiro atoms. The minimum absolute atomic E-state index is 0.139. The van der Waals surface area contributed by atoms with E-state index >= 15 is 0 Å². The smallest absolute Gasteiger partial charge is 0.212 e. The predicted octanol–water partition coefficient (Wildman–Crippen LogP) is 1.18. The number of unbranched alkanes of at least 4 members (excludes halogenated alkanes) is 1. The molecule has 0 radical (unpaired) electrons. The number of nitrogens with one attached hydrogen (secondary N) is 2. The van der Waals surface area contributed by atoms with Crippen LogP contribution in [-0.4, -0.2) is 31.9 Å². The van der Waals surface area contributed by atoms with Gasteiger partial charge in [-0.1, -0.05) is 19.0 Å². The Bertz CT molecular complexity index is 468. The predicted molar refractivity (Wildman–Crippen MR) is 74.2 cm³/mol. The molecule has 0 amide bonds. The number of nitrogens with zero attached hydrogens (tertiary/aromatic N) is 1. The van der Waals surface area contributed by atoms with Crippen molar-refractivity contribution >= 4 is 10.0 Å². The third-order valence-corrected chi connectivity index (χ3v) is 3.95. The van der Waals surface area contributed by atoms with Crippen LogP contribution in [0, 0.1) is 6.92 Å². The van der Waals surface area contributed by atoms with Gasteiger partial charge in [0.05, 0.1) is 18.0 Å². The Morgan fingerprint density at radius 2 is 2.11 bits per heavy atom. The second-order valence-corrected chi connectivity index (χ2v) is 6.82. The Balaban J connectivity index is 2.21. The maximum atomic E-state index is 11.7. The number of rotatable bonds is 9. The molecule has 0 atom stereocenters. The first kappa shape index (κ1) is 16.1. The van der Waals surface area contributed by atoms with Gasteiger partial charge in [-0.15, -0.1) is 0 Å². The van der Waals surface area contributed by atoms with Crippen LogP contribution < -0.4 is 10.0 Å². The number of aromatic nitrogens is 1. The van der Waals surface area contributed by atoms with E-state index in [0.717, 1.165) is 18.7 Å². The molecule has 0 aromatic carbocycles. The van der Waals surface area contributed by atoms with Crippen LogP contribution in [0.1, 0.15) is 38.1 Å². The molecule has 0 aliphatic rings. The lowest BCUT2D eigenvalue weighted by molar-refractivity contribution is 0.377. The highest BCUT2D eigenvalue weighted by Gasteiger charge is 2.11. The third-order valence-electron chi connectivity index (χ3n) is 2.54. The second kappa shape index (κ2) is 7.62. The lowest BCUT2D eigenvalue weighted by Gasteiger charge is -2.08. The SMILES string of the molecule is Cc1cc(CNS(=O)(=O)CCCCNC(C)C)on1. The molecule has 0 fully saturated rings. The van der Waals surface area contributed by atoms with E-state index in [1.54, 1.807) is 13.0 Å². The van der Waals surface area contributed by atoms with E-state index in [-0.39, 0.29) is 12.3 Å². The highest BCUT2D eigenvalue weighted by Crippen LogP contribution is 2.03. The first-order valence-corrected chi connectivity index (χ1v) is 8.17. The van der Waals surface area contributed by atoms with Crippen LogP contribution in [0.25, 0.3) is 0 Å². The topological polar surface area (TPSA) is 84.2 Å². The maximum absolute atomic E-state index is 11.7. The van der Waals surface area contributed by atoms with Crippen LogP contribution in [0.3, 0.4) is 0 Å². The summed E-state index contributed by atoms with van der Waals surface area (Å²) in [6, 6.07) is 2.15. The molecule has 0 bridgehead atoms. The molecule has 1 heterocycles. The van der Waals surface area contributed by atoms with E-state index in [9.17, 15) is 8.42 Å². The standard InChI is InChI=1S/C12H23N3O3S/c1-10(2)13-6-4-5-7-19(16,17)14-9-12-8-11(3)15-18-12/h8,10,13-14H,4-7,9H2,1-3H3. The molecule has 1 rings (SSSR count). The van der Waals surface area contributed by atoms with Crippen molar-refractivity contribution in [3.05, 3.63) is 17.5 Å². The van der Waals surface area contributed by atoms with Crippen molar-refractivity contribution in [3.63, 3.8) is 0 Å². The van der Waals surface area contributed by atoms with Gasteiger partial charge in [-0.05, 0) is 26.3 Å². The molecular formula is C12H23N3O3S. The average Bonchev–Trinajstić information content (AvgIpc) is 2.72. The van der Waals surface area contributed by atoms with E-state index in [2.05, 4.69) is 29.0 Å². The lowest BCUT2D eigenvalue weighted by atomic mass is 10.3. The minimum Gasteiger partial charge on any atom is -0.360 e. The van der Waals surface area contributed by atoms with Gasteiger partial charge >= 0.3 is 0 Å². The minimum atomic E-state index is -3.24. The van der Waals surface area contributed by atoms with Crippen molar-refractivity contribution in [3.8, 4) is 0 Å². The Hall–Kier alpha value is -0.920. The molecule has 1 aromatic heterocycles. The van der Waals surface area contributed by atoms with Crippen molar-refractivity contribution < 1.29 is 12.9 Å². The summed E-state index contributed by atoms with van der Waals surface area (Å²) in [6.45, 7) is 6.93. The zero-order valence-electron chi connectivity index (χ0n) is 11.8. The van der Waals surface area contributed by atoms with E-state index in [0.29, 0.717) is 18.2 Å². The lowest BCUT2D eigenvalue weighted by Crippen LogP contribution is -2.27. The average molecular weight is 289 g/mol. The highest BCUT2D eigenvalue weighted by atomic mass is 32.2. The zero-order chi connectivity index (χ0) is 14.3. The van der Waals surface area contributed by atoms with Gasteiger partial charge in [0.1, 0.15) is 0 Å². The molecule has 0 saturated heterocycles. The monoisotopic (exact) mass is 289 g/mol. The summed E-state index contributed by atoms with van der Waals surface area (Å²) in [6.07, 6.45) is 1.49. The summed E-state index contributed by atoms with van der Waals surface area (Å²) in [4.78, 5) is 0. The normalized spacial score (nSPS) is 12.2. The van der Waals surface area contributed by atoms with Crippen molar-refractivity contribution in [2.24, 2.45) is 0 Å². The largest absolute Gasteiger partial charge is 0.360 e. The Labute approximate surface area is 115 Å². The number of sulfonamides is 1. The van der Waals surface area contributed by atoms with Crippen molar-refractivity contribution in [1.82, 2.24) is 15.2 Å². The highest BCUT2D eigenvalue weighted by molar-refractivity contribution is 7.89. The van der Waals surface area contributed by atoms with Crippen LogP contribution in [0.15, 0.2) is 10.6 Å².